The standard InChI is InChI=1S/C20H26N2O3S/c1-26(24,25)22-5-4-16-2-3-17(9-18(16)22)21-19(23)20-10-13-6-14(11-20)8-15(7-13)12-20/h2-3,9,13-15H,4-8,10-12H2,1H3,(H,21,23). The van der Waals surface area contributed by atoms with Crippen molar-refractivity contribution in [2.45, 2.75) is 44.9 Å². The fourth-order valence-corrected chi connectivity index (χ4v) is 7.37. The zero-order valence-corrected chi connectivity index (χ0v) is 16.0. The molecule has 26 heavy (non-hydrogen) atoms. The number of rotatable bonds is 3. The molecule has 4 aliphatic carbocycles. The summed E-state index contributed by atoms with van der Waals surface area (Å²) in [6.45, 7) is 0.487. The summed E-state index contributed by atoms with van der Waals surface area (Å²) in [5, 5.41) is 3.14. The van der Waals surface area contributed by atoms with Crippen LogP contribution >= 0.6 is 0 Å². The molecule has 0 atom stereocenters. The third-order valence-corrected chi connectivity index (χ3v) is 8.30. The molecule has 5 nitrogen and oxygen atoms in total. The maximum absolute atomic E-state index is 13.2. The molecule has 1 aliphatic heterocycles. The Labute approximate surface area is 155 Å². The minimum atomic E-state index is -3.28. The molecule has 1 amide bonds. The van der Waals surface area contributed by atoms with Crippen molar-refractivity contribution in [3.05, 3.63) is 23.8 Å². The fraction of sp³-hybridized carbons (Fsp3) is 0.650. The third-order valence-electron chi connectivity index (χ3n) is 7.12. The minimum Gasteiger partial charge on any atom is -0.326 e. The molecule has 140 valence electrons. The SMILES string of the molecule is CS(=O)(=O)N1CCc2ccc(NC(=O)C34CC5CC(CC(C5)C3)C4)cc21. The number of anilines is 2. The topological polar surface area (TPSA) is 66.5 Å². The number of sulfonamides is 1. The Morgan fingerprint density at radius 1 is 1.12 bits per heavy atom. The van der Waals surface area contributed by atoms with Crippen molar-refractivity contribution in [2.75, 3.05) is 22.4 Å². The van der Waals surface area contributed by atoms with Crippen LogP contribution in [0.4, 0.5) is 11.4 Å². The highest BCUT2D eigenvalue weighted by atomic mass is 32.2. The van der Waals surface area contributed by atoms with Gasteiger partial charge in [0.05, 0.1) is 17.4 Å². The number of amides is 1. The number of nitrogens with zero attached hydrogens (tertiary/aromatic N) is 1. The van der Waals surface area contributed by atoms with Crippen molar-refractivity contribution in [1.29, 1.82) is 0 Å². The highest BCUT2D eigenvalue weighted by Crippen LogP contribution is 2.60. The first-order valence-corrected chi connectivity index (χ1v) is 11.6. The van der Waals surface area contributed by atoms with E-state index in [4.69, 9.17) is 0 Å². The number of fused-ring (bicyclic) bond motifs is 1. The number of nitrogens with one attached hydrogen (secondary N) is 1. The predicted molar refractivity (Wildman–Crippen MR) is 102 cm³/mol. The van der Waals surface area contributed by atoms with Gasteiger partial charge in [0.2, 0.25) is 15.9 Å². The van der Waals surface area contributed by atoms with E-state index >= 15 is 0 Å². The summed E-state index contributed by atoms with van der Waals surface area (Å²) < 4.78 is 25.4. The van der Waals surface area contributed by atoms with E-state index in [-0.39, 0.29) is 11.3 Å². The lowest BCUT2D eigenvalue weighted by Gasteiger charge is -2.55. The molecular weight excluding hydrogens is 348 g/mol. The summed E-state index contributed by atoms with van der Waals surface area (Å²) in [5.74, 6) is 2.34. The molecule has 5 aliphatic rings. The van der Waals surface area contributed by atoms with Crippen LogP contribution in [0, 0.1) is 23.2 Å². The highest BCUT2D eigenvalue weighted by Gasteiger charge is 2.54. The lowest BCUT2D eigenvalue weighted by Crippen LogP contribution is -2.51. The van der Waals surface area contributed by atoms with E-state index in [1.807, 2.05) is 18.2 Å². The molecule has 0 unspecified atom stereocenters. The van der Waals surface area contributed by atoms with Gasteiger partial charge in [-0.2, -0.15) is 0 Å². The normalized spacial score (nSPS) is 34.8. The second kappa shape index (κ2) is 5.47. The fourth-order valence-electron chi connectivity index (χ4n) is 6.42. The Kier molecular flexibility index (Phi) is 3.49. The number of benzene rings is 1. The van der Waals surface area contributed by atoms with Gasteiger partial charge in [-0.3, -0.25) is 9.10 Å². The quantitative estimate of drug-likeness (QED) is 0.884. The first-order chi connectivity index (χ1) is 12.3. The molecule has 0 radical (unpaired) electrons. The molecule has 6 rings (SSSR count). The second-order valence-corrected chi connectivity index (χ2v) is 11.0. The Morgan fingerprint density at radius 2 is 1.73 bits per heavy atom. The maximum atomic E-state index is 13.2. The molecule has 4 saturated carbocycles. The first-order valence-electron chi connectivity index (χ1n) is 9.74. The maximum Gasteiger partial charge on any atom is 0.232 e. The summed E-state index contributed by atoms with van der Waals surface area (Å²) >= 11 is 0. The molecule has 4 fully saturated rings. The van der Waals surface area contributed by atoms with E-state index in [2.05, 4.69) is 5.32 Å². The van der Waals surface area contributed by atoms with Gasteiger partial charge >= 0.3 is 0 Å². The van der Waals surface area contributed by atoms with Gasteiger partial charge in [0.15, 0.2) is 0 Å². The van der Waals surface area contributed by atoms with Crippen molar-refractivity contribution >= 4 is 27.3 Å². The lowest BCUT2D eigenvalue weighted by atomic mass is 9.49. The Hall–Kier alpha value is -1.56. The van der Waals surface area contributed by atoms with Crippen LogP contribution in [-0.2, 0) is 21.2 Å². The molecule has 6 heteroatoms. The molecule has 0 spiro atoms. The van der Waals surface area contributed by atoms with Gasteiger partial charge in [0.25, 0.3) is 0 Å². The second-order valence-electron chi connectivity index (χ2n) is 9.08. The van der Waals surface area contributed by atoms with E-state index in [0.717, 1.165) is 60.4 Å². The lowest BCUT2D eigenvalue weighted by molar-refractivity contribution is -0.140. The summed E-state index contributed by atoms with van der Waals surface area (Å²) in [4.78, 5) is 13.2. The molecule has 1 heterocycles. The first kappa shape index (κ1) is 16.6. The highest BCUT2D eigenvalue weighted by molar-refractivity contribution is 7.92. The van der Waals surface area contributed by atoms with Crippen LogP contribution in [-0.4, -0.2) is 27.1 Å². The number of hydrogen-bond acceptors (Lipinski definition) is 3. The van der Waals surface area contributed by atoms with Crippen molar-refractivity contribution in [3.63, 3.8) is 0 Å². The molecule has 4 bridgehead atoms. The number of carbonyl (C=O) groups is 1. The van der Waals surface area contributed by atoms with Gasteiger partial charge in [-0.15, -0.1) is 0 Å². The van der Waals surface area contributed by atoms with Crippen LogP contribution in [0.3, 0.4) is 0 Å². The molecule has 1 aromatic carbocycles. The summed E-state index contributed by atoms with van der Waals surface area (Å²) in [7, 11) is -3.28. The average Bonchev–Trinajstić information content (AvgIpc) is 2.97. The van der Waals surface area contributed by atoms with Crippen LogP contribution in [0.5, 0.6) is 0 Å². The van der Waals surface area contributed by atoms with Crippen LogP contribution in [0.25, 0.3) is 0 Å². The Morgan fingerprint density at radius 3 is 2.31 bits per heavy atom. The zero-order chi connectivity index (χ0) is 18.1. The van der Waals surface area contributed by atoms with E-state index in [0.29, 0.717) is 6.54 Å². The van der Waals surface area contributed by atoms with Gasteiger partial charge in [-0.25, -0.2) is 8.42 Å². The Balaban J connectivity index is 1.40. The molecule has 0 saturated heterocycles. The predicted octanol–water partition coefficient (Wildman–Crippen LogP) is 3.16. The zero-order valence-electron chi connectivity index (χ0n) is 15.2. The van der Waals surface area contributed by atoms with Gasteiger partial charge in [0, 0.05) is 12.2 Å². The number of hydrogen-bond donors (Lipinski definition) is 1. The van der Waals surface area contributed by atoms with Gasteiger partial charge in [-0.05, 0) is 80.4 Å². The summed E-state index contributed by atoms with van der Waals surface area (Å²) in [5.41, 5.74) is 2.28. The molecule has 1 aromatic rings. The third kappa shape index (κ3) is 2.56. The summed E-state index contributed by atoms with van der Waals surface area (Å²) in [6.07, 6.45) is 9.01. The van der Waals surface area contributed by atoms with Crippen molar-refractivity contribution < 1.29 is 13.2 Å². The van der Waals surface area contributed by atoms with Crippen LogP contribution in [0.1, 0.15) is 44.1 Å². The van der Waals surface area contributed by atoms with Gasteiger partial charge < -0.3 is 5.32 Å². The smallest absolute Gasteiger partial charge is 0.232 e. The largest absolute Gasteiger partial charge is 0.326 e. The van der Waals surface area contributed by atoms with Crippen molar-refractivity contribution in [2.24, 2.45) is 23.2 Å². The van der Waals surface area contributed by atoms with Gasteiger partial charge in [-0.1, -0.05) is 6.07 Å². The van der Waals surface area contributed by atoms with Gasteiger partial charge in [0.1, 0.15) is 0 Å². The number of carbonyl (C=O) groups excluding carboxylic acids is 1. The van der Waals surface area contributed by atoms with Crippen molar-refractivity contribution in [3.8, 4) is 0 Å². The monoisotopic (exact) mass is 374 g/mol. The molecular formula is C20H26N2O3S. The van der Waals surface area contributed by atoms with Crippen molar-refractivity contribution in [1.82, 2.24) is 0 Å². The van der Waals surface area contributed by atoms with E-state index in [1.54, 1.807) is 0 Å². The van der Waals surface area contributed by atoms with E-state index in [9.17, 15) is 13.2 Å². The van der Waals surface area contributed by atoms with Crippen LogP contribution in [0.15, 0.2) is 18.2 Å². The molecule has 1 N–H and O–H groups in total. The summed E-state index contributed by atoms with van der Waals surface area (Å²) in [6, 6.07) is 5.71. The van der Waals surface area contributed by atoms with E-state index < -0.39 is 10.0 Å². The minimum absolute atomic E-state index is 0.153. The molecule has 0 aromatic heterocycles. The Bertz CT molecular complexity index is 842. The van der Waals surface area contributed by atoms with Crippen LogP contribution < -0.4 is 9.62 Å². The van der Waals surface area contributed by atoms with E-state index in [1.165, 1.54) is 29.8 Å². The average molecular weight is 375 g/mol. The van der Waals surface area contributed by atoms with Crippen LogP contribution in [0.2, 0.25) is 0 Å².